The van der Waals surface area contributed by atoms with Crippen molar-refractivity contribution in [1.29, 1.82) is 0 Å². The molecule has 3 aromatic rings. The van der Waals surface area contributed by atoms with Gasteiger partial charge in [-0.25, -0.2) is 14.1 Å². The first-order valence-corrected chi connectivity index (χ1v) is 14.0. The lowest BCUT2D eigenvalue weighted by atomic mass is 10.0. The second-order valence-electron chi connectivity index (χ2n) is 9.59. The lowest BCUT2D eigenvalue weighted by Crippen LogP contribution is -2.43. The average molecular weight is 600 g/mol. The van der Waals surface area contributed by atoms with Crippen molar-refractivity contribution in [3.05, 3.63) is 71.0 Å². The fourth-order valence-electron chi connectivity index (χ4n) is 4.38. The van der Waals surface area contributed by atoms with Gasteiger partial charge in [-0.2, -0.15) is 21.6 Å². The highest BCUT2D eigenvalue weighted by atomic mass is 35.5. The summed E-state index contributed by atoms with van der Waals surface area (Å²) in [4.78, 5) is 19.0. The van der Waals surface area contributed by atoms with Crippen LogP contribution in [0.4, 0.5) is 23.4 Å². The fourth-order valence-corrected chi connectivity index (χ4v) is 5.54. The second-order valence-corrected chi connectivity index (χ2v) is 11.7. The number of hydrogen-bond donors (Lipinski definition) is 2. The van der Waals surface area contributed by atoms with Crippen LogP contribution in [0.3, 0.4) is 0 Å². The van der Waals surface area contributed by atoms with Crippen LogP contribution in [-0.2, 0) is 21.0 Å². The maximum Gasteiger partial charge on any atom is 0.419 e. The summed E-state index contributed by atoms with van der Waals surface area (Å²) in [6.45, 7) is 0.780. The maximum absolute atomic E-state index is 13.9. The summed E-state index contributed by atoms with van der Waals surface area (Å²) >= 11 is 6.08. The van der Waals surface area contributed by atoms with Crippen LogP contribution >= 0.6 is 11.6 Å². The van der Waals surface area contributed by atoms with Gasteiger partial charge in [0.1, 0.15) is 17.4 Å². The summed E-state index contributed by atoms with van der Waals surface area (Å²) in [5.74, 6) is -2.19. The molecule has 1 atom stereocenters. The van der Waals surface area contributed by atoms with E-state index in [0.717, 1.165) is 6.07 Å². The molecule has 212 valence electrons. The molecule has 2 aliphatic rings. The number of ether oxygens (including phenoxy) is 1. The predicted octanol–water partition coefficient (Wildman–Crippen LogP) is 4.55. The number of benzene rings is 2. The van der Waals surface area contributed by atoms with Gasteiger partial charge in [0.15, 0.2) is 10.6 Å². The number of halogens is 5. The Kier molecular flexibility index (Phi) is 7.17. The van der Waals surface area contributed by atoms with Crippen LogP contribution in [0.2, 0.25) is 5.02 Å². The molecule has 14 heteroatoms. The van der Waals surface area contributed by atoms with Crippen molar-refractivity contribution in [2.45, 2.75) is 42.2 Å². The molecule has 1 unspecified atom stereocenters. The highest BCUT2D eigenvalue weighted by Crippen LogP contribution is 2.45. The SMILES string of the molecule is O=C(NS(=O)(=O)c1cccc(N2CCC(O)C2)n1)C1(Oc2cc(Cl)ccc2-c2ccc(F)c(C(F)(F)F)c2)CC1. The number of anilines is 1. The van der Waals surface area contributed by atoms with E-state index in [4.69, 9.17) is 16.3 Å². The Morgan fingerprint density at radius 3 is 2.55 bits per heavy atom. The zero-order valence-corrected chi connectivity index (χ0v) is 22.2. The molecule has 1 saturated carbocycles. The maximum atomic E-state index is 13.9. The van der Waals surface area contributed by atoms with Crippen LogP contribution in [0.5, 0.6) is 5.75 Å². The third-order valence-electron chi connectivity index (χ3n) is 6.65. The number of sulfonamides is 1. The van der Waals surface area contributed by atoms with Crippen LogP contribution in [0, 0.1) is 5.82 Å². The van der Waals surface area contributed by atoms with Gasteiger partial charge in [-0.05, 0) is 54.4 Å². The Balaban J connectivity index is 1.39. The van der Waals surface area contributed by atoms with Crippen LogP contribution in [0.15, 0.2) is 59.6 Å². The number of nitrogens with one attached hydrogen (secondary N) is 1. The summed E-state index contributed by atoms with van der Waals surface area (Å²) in [6, 6.07) is 10.7. The van der Waals surface area contributed by atoms with Crippen LogP contribution in [-0.4, -0.2) is 49.2 Å². The van der Waals surface area contributed by atoms with Crippen molar-refractivity contribution in [2.75, 3.05) is 18.0 Å². The summed E-state index contributed by atoms with van der Waals surface area (Å²) in [5.41, 5.74) is -3.05. The smallest absolute Gasteiger partial charge is 0.419 e. The van der Waals surface area contributed by atoms with Gasteiger partial charge in [0.25, 0.3) is 15.9 Å². The van der Waals surface area contributed by atoms with E-state index in [-0.39, 0.29) is 34.7 Å². The van der Waals surface area contributed by atoms with Crippen molar-refractivity contribution in [3.63, 3.8) is 0 Å². The highest BCUT2D eigenvalue weighted by Gasteiger charge is 2.54. The zero-order valence-electron chi connectivity index (χ0n) is 20.6. The van der Waals surface area contributed by atoms with Gasteiger partial charge in [-0.1, -0.05) is 23.7 Å². The molecule has 2 fully saturated rings. The molecule has 1 saturated heterocycles. The molecule has 5 rings (SSSR count). The number of nitrogens with zero attached hydrogens (tertiary/aromatic N) is 2. The molecule has 40 heavy (non-hydrogen) atoms. The quantitative estimate of drug-likeness (QED) is 0.384. The molecule has 2 aromatic carbocycles. The Morgan fingerprint density at radius 1 is 1.15 bits per heavy atom. The molecule has 1 aliphatic carbocycles. The first-order chi connectivity index (χ1) is 18.8. The molecule has 1 amide bonds. The Bertz CT molecular complexity index is 1580. The van der Waals surface area contributed by atoms with Crippen molar-refractivity contribution in [2.24, 2.45) is 0 Å². The number of alkyl halides is 3. The Hall–Kier alpha value is -3.42. The molecule has 2 N–H and O–H groups in total. The third kappa shape index (κ3) is 5.72. The van der Waals surface area contributed by atoms with Gasteiger partial charge in [0.2, 0.25) is 0 Å². The number of hydrogen-bond acceptors (Lipinski definition) is 7. The fraction of sp³-hybridized carbons (Fsp3) is 0.308. The van der Waals surface area contributed by atoms with E-state index in [9.17, 15) is 35.9 Å². The van der Waals surface area contributed by atoms with Gasteiger partial charge in [0, 0.05) is 36.5 Å². The number of β-amino-alcohol motifs (C(OH)–C–C–N with tert-alkyl or cyclic N) is 1. The van der Waals surface area contributed by atoms with Gasteiger partial charge in [0.05, 0.1) is 11.7 Å². The first-order valence-electron chi connectivity index (χ1n) is 12.1. The lowest BCUT2D eigenvalue weighted by Gasteiger charge is -2.21. The minimum Gasteiger partial charge on any atom is -0.477 e. The molecule has 8 nitrogen and oxygen atoms in total. The normalized spacial score (nSPS) is 18.4. The minimum absolute atomic E-state index is 0.0442. The summed E-state index contributed by atoms with van der Waals surface area (Å²) in [6.07, 6.45) is -4.75. The van der Waals surface area contributed by atoms with Gasteiger partial charge < -0.3 is 14.7 Å². The zero-order chi connectivity index (χ0) is 28.9. The van der Waals surface area contributed by atoms with E-state index in [1.165, 1.54) is 30.3 Å². The number of pyridine rings is 1. The largest absolute Gasteiger partial charge is 0.477 e. The predicted molar refractivity (Wildman–Crippen MR) is 137 cm³/mol. The summed E-state index contributed by atoms with van der Waals surface area (Å²) in [7, 11) is -4.43. The Morgan fingerprint density at radius 2 is 1.90 bits per heavy atom. The number of amides is 1. The monoisotopic (exact) mass is 599 g/mol. The molecular weight excluding hydrogens is 578 g/mol. The van der Waals surface area contributed by atoms with Crippen LogP contribution < -0.4 is 14.4 Å². The number of carbonyl (C=O) groups is 1. The van der Waals surface area contributed by atoms with Gasteiger partial charge in [-0.3, -0.25) is 4.79 Å². The molecule has 2 heterocycles. The van der Waals surface area contributed by atoms with E-state index in [0.29, 0.717) is 37.5 Å². The number of rotatable bonds is 7. The van der Waals surface area contributed by atoms with E-state index in [1.54, 1.807) is 11.0 Å². The topological polar surface area (TPSA) is 109 Å². The van der Waals surface area contributed by atoms with Crippen LogP contribution in [0.25, 0.3) is 11.1 Å². The second kappa shape index (κ2) is 10.2. The number of aliphatic hydroxyl groups is 1. The standard InChI is InChI=1S/C26H22ClF4N3O5S/c27-16-5-6-18(15-4-7-20(28)19(12-15)26(29,30)31)21(13-16)39-25(9-10-25)24(36)33-40(37,38)23-3-1-2-22(32-23)34-11-8-17(35)14-34/h1-7,12-13,17,35H,8-11,14H2,(H,33,36). The van der Waals surface area contributed by atoms with E-state index in [2.05, 4.69) is 4.98 Å². The van der Waals surface area contributed by atoms with E-state index >= 15 is 0 Å². The number of aliphatic hydroxyl groups excluding tert-OH is 1. The van der Waals surface area contributed by atoms with Gasteiger partial charge in [-0.15, -0.1) is 0 Å². The third-order valence-corrected chi connectivity index (χ3v) is 8.12. The van der Waals surface area contributed by atoms with E-state index < -0.39 is 50.2 Å². The molecule has 0 bridgehead atoms. The van der Waals surface area contributed by atoms with Crippen molar-refractivity contribution in [1.82, 2.24) is 9.71 Å². The van der Waals surface area contributed by atoms with Crippen molar-refractivity contribution in [3.8, 4) is 16.9 Å². The van der Waals surface area contributed by atoms with Crippen molar-refractivity contribution < 1.29 is 40.6 Å². The van der Waals surface area contributed by atoms with Crippen LogP contribution in [0.1, 0.15) is 24.8 Å². The average Bonchev–Trinajstić information content (AvgIpc) is 3.54. The molecule has 0 spiro atoms. The van der Waals surface area contributed by atoms with Crippen molar-refractivity contribution >= 4 is 33.3 Å². The van der Waals surface area contributed by atoms with Gasteiger partial charge >= 0.3 is 6.18 Å². The first kappa shape index (κ1) is 28.1. The minimum atomic E-state index is -4.95. The summed E-state index contributed by atoms with van der Waals surface area (Å²) in [5, 5.41) is 9.50. The highest BCUT2D eigenvalue weighted by molar-refractivity contribution is 7.90. The number of aromatic nitrogens is 1. The summed E-state index contributed by atoms with van der Waals surface area (Å²) < 4.78 is 87.7. The lowest BCUT2D eigenvalue weighted by molar-refractivity contribution is -0.140. The van der Waals surface area contributed by atoms with E-state index in [1.807, 2.05) is 4.72 Å². The Labute approximate surface area is 231 Å². The molecule has 1 aliphatic heterocycles. The molecular formula is C26H22ClF4N3O5S. The molecule has 1 aromatic heterocycles. The number of carbonyl (C=O) groups excluding carboxylic acids is 1. The molecule has 0 radical (unpaired) electrons.